The van der Waals surface area contributed by atoms with E-state index in [0.29, 0.717) is 5.76 Å². The maximum atomic E-state index is 12.4. The highest BCUT2D eigenvalue weighted by molar-refractivity contribution is 5.97. The molecule has 0 bridgehead atoms. The molecule has 0 unspecified atom stereocenters. The van der Waals surface area contributed by atoms with Crippen molar-refractivity contribution in [3.05, 3.63) is 24.2 Å². The summed E-state index contributed by atoms with van der Waals surface area (Å²) in [7, 11) is 0. The summed E-state index contributed by atoms with van der Waals surface area (Å²) in [6, 6.07) is 2.97. The Kier molecular flexibility index (Phi) is 6.90. The molecule has 2 heterocycles. The van der Waals surface area contributed by atoms with Crippen LogP contribution in [0.2, 0.25) is 0 Å². The molecule has 1 aromatic rings. The summed E-state index contributed by atoms with van der Waals surface area (Å²) >= 11 is 0. The quantitative estimate of drug-likeness (QED) is 0.696. The average molecular weight is 405 g/mol. The number of ether oxygens (including phenoxy) is 1. The molecule has 2 atom stereocenters. The topological polar surface area (TPSA) is 118 Å². The summed E-state index contributed by atoms with van der Waals surface area (Å²) in [5.74, 6) is -1.51. The van der Waals surface area contributed by atoms with Crippen LogP contribution >= 0.6 is 0 Å². The Morgan fingerprint density at radius 1 is 1.28 bits per heavy atom. The normalized spacial score (nSPS) is 20.9. The molecule has 29 heavy (non-hydrogen) atoms. The van der Waals surface area contributed by atoms with E-state index in [1.54, 1.807) is 12.1 Å². The van der Waals surface area contributed by atoms with E-state index in [2.05, 4.69) is 10.6 Å². The first-order chi connectivity index (χ1) is 13.9. The van der Waals surface area contributed by atoms with Crippen molar-refractivity contribution >= 4 is 23.8 Å². The number of imide groups is 1. The molecule has 4 amide bonds. The van der Waals surface area contributed by atoms with Gasteiger partial charge in [0.2, 0.25) is 5.91 Å². The molecule has 1 saturated carbocycles. The van der Waals surface area contributed by atoms with Crippen molar-refractivity contribution in [1.82, 2.24) is 15.5 Å². The van der Waals surface area contributed by atoms with Crippen molar-refractivity contribution in [2.75, 3.05) is 6.54 Å². The highest BCUT2D eigenvalue weighted by atomic mass is 16.5. The summed E-state index contributed by atoms with van der Waals surface area (Å²) in [6.07, 6.45) is 5.49. The van der Waals surface area contributed by atoms with Crippen molar-refractivity contribution < 1.29 is 28.3 Å². The van der Waals surface area contributed by atoms with Crippen LogP contribution in [-0.2, 0) is 25.7 Å². The van der Waals surface area contributed by atoms with Crippen molar-refractivity contribution in [1.29, 1.82) is 0 Å². The summed E-state index contributed by atoms with van der Waals surface area (Å²) in [4.78, 5) is 50.1. The fraction of sp³-hybridized carbons (Fsp3) is 0.600. The van der Waals surface area contributed by atoms with Gasteiger partial charge in [-0.05, 0) is 31.9 Å². The van der Waals surface area contributed by atoms with Gasteiger partial charge in [-0.1, -0.05) is 19.3 Å². The van der Waals surface area contributed by atoms with E-state index in [-0.39, 0.29) is 31.5 Å². The largest absolute Gasteiger partial charge is 0.467 e. The van der Waals surface area contributed by atoms with E-state index in [1.807, 2.05) is 0 Å². The Morgan fingerprint density at radius 2 is 2.03 bits per heavy atom. The molecule has 1 aliphatic carbocycles. The van der Waals surface area contributed by atoms with Crippen LogP contribution in [0.1, 0.15) is 51.2 Å². The summed E-state index contributed by atoms with van der Waals surface area (Å²) < 4.78 is 10.4. The second-order valence-corrected chi connectivity index (χ2v) is 7.63. The van der Waals surface area contributed by atoms with Crippen LogP contribution in [0.3, 0.4) is 0 Å². The molecule has 1 aliphatic heterocycles. The predicted molar refractivity (Wildman–Crippen MR) is 101 cm³/mol. The maximum absolute atomic E-state index is 12.4. The number of urea groups is 1. The minimum Gasteiger partial charge on any atom is -0.467 e. The SMILES string of the molecule is C[C@@H](OC(=O)[C@H]1CC(=O)N(Cc2ccco2)C1)C(=O)NC(=O)NC1CCCCC1. The number of hydrogen-bond acceptors (Lipinski definition) is 6. The number of furan rings is 1. The molecular weight excluding hydrogens is 378 g/mol. The van der Waals surface area contributed by atoms with E-state index in [4.69, 9.17) is 9.15 Å². The van der Waals surface area contributed by atoms with Crippen molar-refractivity contribution in [3.8, 4) is 0 Å². The molecule has 2 N–H and O–H groups in total. The second kappa shape index (κ2) is 9.58. The number of carbonyl (C=O) groups is 4. The van der Waals surface area contributed by atoms with Gasteiger partial charge in [0.15, 0.2) is 6.10 Å². The fourth-order valence-corrected chi connectivity index (χ4v) is 3.68. The number of nitrogens with zero attached hydrogens (tertiary/aromatic N) is 1. The standard InChI is InChI=1S/C20H27N3O6/c1-13(18(25)22-20(27)21-15-6-3-2-4-7-15)29-19(26)14-10-17(24)23(11-14)12-16-8-5-9-28-16/h5,8-9,13-15H,2-4,6-7,10-12H2,1H3,(H2,21,22,25,27)/t13-,14+/m1/s1. The lowest BCUT2D eigenvalue weighted by Gasteiger charge is -2.23. The number of hydrogen-bond donors (Lipinski definition) is 2. The molecular formula is C20H27N3O6. The summed E-state index contributed by atoms with van der Waals surface area (Å²) in [6.45, 7) is 1.89. The van der Waals surface area contributed by atoms with Crippen LogP contribution in [-0.4, -0.2) is 47.4 Å². The number of rotatable bonds is 6. The van der Waals surface area contributed by atoms with Crippen LogP contribution in [0, 0.1) is 5.92 Å². The van der Waals surface area contributed by atoms with E-state index < -0.39 is 29.9 Å². The third-order valence-corrected chi connectivity index (χ3v) is 5.31. The number of esters is 1. The minimum atomic E-state index is -1.13. The molecule has 0 spiro atoms. The van der Waals surface area contributed by atoms with E-state index in [9.17, 15) is 19.2 Å². The zero-order valence-electron chi connectivity index (χ0n) is 16.5. The Bertz CT molecular complexity index is 741. The maximum Gasteiger partial charge on any atom is 0.321 e. The van der Waals surface area contributed by atoms with E-state index >= 15 is 0 Å². The molecule has 1 saturated heterocycles. The molecule has 158 valence electrons. The van der Waals surface area contributed by atoms with Gasteiger partial charge >= 0.3 is 12.0 Å². The van der Waals surface area contributed by atoms with Crippen LogP contribution in [0.15, 0.2) is 22.8 Å². The summed E-state index contributed by atoms with van der Waals surface area (Å²) in [5, 5.41) is 4.99. The highest BCUT2D eigenvalue weighted by Crippen LogP contribution is 2.22. The van der Waals surface area contributed by atoms with Gasteiger partial charge < -0.3 is 19.4 Å². The van der Waals surface area contributed by atoms with Gasteiger partial charge in [-0.25, -0.2) is 4.79 Å². The van der Waals surface area contributed by atoms with Crippen molar-refractivity contribution in [2.45, 2.75) is 64.1 Å². The lowest BCUT2D eigenvalue weighted by atomic mass is 9.96. The molecule has 0 aromatic carbocycles. The average Bonchev–Trinajstić information content (AvgIpc) is 3.33. The first kappa shape index (κ1) is 20.9. The zero-order valence-corrected chi connectivity index (χ0v) is 16.5. The molecule has 2 fully saturated rings. The minimum absolute atomic E-state index is 0.0239. The van der Waals surface area contributed by atoms with Crippen LogP contribution in [0.4, 0.5) is 4.79 Å². The second-order valence-electron chi connectivity index (χ2n) is 7.63. The van der Waals surface area contributed by atoms with E-state index in [1.165, 1.54) is 18.1 Å². The third-order valence-electron chi connectivity index (χ3n) is 5.31. The Hall–Kier alpha value is -2.84. The number of likely N-dealkylation sites (tertiary alicyclic amines) is 1. The van der Waals surface area contributed by atoms with Gasteiger partial charge in [-0.3, -0.25) is 19.7 Å². The number of amides is 4. The van der Waals surface area contributed by atoms with Gasteiger partial charge in [0.1, 0.15) is 5.76 Å². The van der Waals surface area contributed by atoms with E-state index in [0.717, 1.165) is 32.1 Å². The zero-order chi connectivity index (χ0) is 20.8. The lowest BCUT2D eigenvalue weighted by molar-refractivity contribution is -0.158. The Balaban J connectivity index is 1.42. The van der Waals surface area contributed by atoms with Gasteiger partial charge in [-0.2, -0.15) is 0 Å². The molecule has 1 aromatic heterocycles. The van der Waals surface area contributed by atoms with Crippen molar-refractivity contribution in [3.63, 3.8) is 0 Å². The van der Waals surface area contributed by atoms with Crippen LogP contribution in [0.5, 0.6) is 0 Å². The van der Waals surface area contributed by atoms with Gasteiger partial charge in [0.05, 0.1) is 18.7 Å². The molecule has 9 nitrogen and oxygen atoms in total. The predicted octanol–water partition coefficient (Wildman–Crippen LogP) is 1.72. The summed E-state index contributed by atoms with van der Waals surface area (Å²) in [5.41, 5.74) is 0. The third kappa shape index (κ3) is 5.82. The van der Waals surface area contributed by atoms with Gasteiger partial charge in [0, 0.05) is 19.0 Å². The molecule has 9 heteroatoms. The van der Waals surface area contributed by atoms with Crippen molar-refractivity contribution in [2.24, 2.45) is 5.92 Å². The lowest BCUT2D eigenvalue weighted by Crippen LogP contribution is -2.48. The molecule has 2 aliphatic rings. The number of carbonyl (C=O) groups excluding carboxylic acids is 4. The molecule has 0 radical (unpaired) electrons. The first-order valence-corrected chi connectivity index (χ1v) is 10.0. The first-order valence-electron chi connectivity index (χ1n) is 10.0. The Labute approximate surface area is 169 Å². The fourth-order valence-electron chi connectivity index (χ4n) is 3.68. The monoisotopic (exact) mass is 405 g/mol. The number of nitrogens with one attached hydrogen (secondary N) is 2. The van der Waals surface area contributed by atoms with Crippen LogP contribution in [0.25, 0.3) is 0 Å². The molecule has 3 rings (SSSR count). The van der Waals surface area contributed by atoms with Gasteiger partial charge in [-0.15, -0.1) is 0 Å². The smallest absolute Gasteiger partial charge is 0.321 e. The van der Waals surface area contributed by atoms with Gasteiger partial charge in [0.25, 0.3) is 5.91 Å². The Morgan fingerprint density at radius 3 is 2.72 bits per heavy atom. The highest BCUT2D eigenvalue weighted by Gasteiger charge is 2.37. The van der Waals surface area contributed by atoms with Crippen LogP contribution < -0.4 is 10.6 Å².